The van der Waals surface area contributed by atoms with Gasteiger partial charge in [-0.25, -0.2) is 0 Å². The third-order valence-corrected chi connectivity index (χ3v) is 8.37. The number of benzene rings is 3. The molecule has 0 N–H and O–H groups in total. The van der Waals surface area contributed by atoms with Crippen LogP contribution in [0.3, 0.4) is 0 Å². The molecule has 0 amide bonds. The molecule has 2 heterocycles. The van der Waals surface area contributed by atoms with Crippen LogP contribution in [0.1, 0.15) is 43.0 Å². The smallest absolute Gasteiger partial charge is 0.0733 e. The number of terminal acetylenes is 1. The van der Waals surface area contributed by atoms with Crippen LogP contribution in [0.5, 0.6) is 0 Å². The van der Waals surface area contributed by atoms with Crippen LogP contribution >= 0.6 is 22.7 Å². The molecule has 0 fully saturated rings. The van der Waals surface area contributed by atoms with Crippen molar-refractivity contribution >= 4 is 69.0 Å². The molecular formula is C28H25S2Si. The van der Waals surface area contributed by atoms with Crippen molar-refractivity contribution in [3.05, 3.63) is 75.5 Å². The zero-order chi connectivity index (χ0) is 22.0. The Kier molecular flexibility index (Phi) is 6.62. The van der Waals surface area contributed by atoms with E-state index in [-0.39, 0.29) is 0 Å². The fraction of sp³-hybridized carbons (Fsp3) is 0.214. The summed E-state index contributed by atoms with van der Waals surface area (Å²) < 4.78 is 2.82. The van der Waals surface area contributed by atoms with E-state index in [1.165, 1.54) is 47.6 Å². The standard InChI is InChI=1S/C22H21Si.C6H4S2/c1-5-15-17(7-3)22(23)18(8-4)20-13-14-11-9-10-12-19(14)16(6-2)21(15)20;1-3-7-6-2-4-8-5(1)6/h4,9-13H,5-7H2,1-3H3;1-4H. The molecule has 0 atom stereocenters. The predicted molar refractivity (Wildman–Crippen MR) is 143 cm³/mol. The summed E-state index contributed by atoms with van der Waals surface area (Å²) in [5.41, 5.74) is 5.21. The average Bonchev–Trinajstić information content (AvgIpc) is 3.42. The van der Waals surface area contributed by atoms with Crippen LogP contribution < -0.4 is 5.19 Å². The Bertz CT molecular complexity index is 1360. The van der Waals surface area contributed by atoms with Crippen LogP contribution in [0, 0.1) is 12.3 Å². The fourth-order valence-electron chi connectivity index (χ4n) is 4.55. The van der Waals surface area contributed by atoms with Crippen molar-refractivity contribution in [2.75, 3.05) is 0 Å². The van der Waals surface area contributed by atoms with Gasteiger partial charge in [-0.3, -0.25) is 0 Å². The van der Waals surface area contributed by atoms with E-state index in [4.69, 9.17) is 6.42 Å². The molecule has 153 valence electrons. The maximum Gasteiger partial charge on any atom is 0.0733 e. The second-order valence-corrected chi connectivity index (χ2v) is 9.88. The molecule has 5 aromatic rings. The second kappa shape index (κ2) is 9.40. The maximum absolute atomic E-state index is 5.89. The maximum atomic E-state index is 5.89. The summed E-state index contributed by atoms with van der Waals surface area (Å²) in [5.74, 6) is 2.93. The summed E-state index contributed by atoms with van der Waals surface area (Å²) in [6, 6.07) is 15.2. The van der Waals surface area contributed by atoms with Gasteiger partial charge in [-0.05, 0) is 91.6 Å². The van der Waals surface area contributed by atoms with E-state index in [2.05, 4.69) is 90.2 Å². The van der Waals surface area contributed by atoms with E-state index in [1.54, 1.807) is 22.7 Å². The summed E-state index contributed by atoms with van der Waals surface area (Å²) in [5, 5.41) is 10.6. The van der Waals surface area contributed by atoms with Gasteiger partial charge in [0.05, 0.1) is 10.2 Å². The van der Waals surface area contributed by atoms with Gasteiger partial charge in [0.15, 0.2) is 0 Å². The predicted octanol–water partition coefficient (Wildman–Crippen LogP) is 7.42. The van der Waals surface area contributed by atoms with Gasteiger partial charge in [0, 0.05) is 15.0 Å². The van der Waals surface area contributed by atoms with Crippen molar-refractivity contribution in [2.45, 2.75) is 40.0 Å². The van der Waals surface area contributed by atoms with Gasteiger partial charge in [0.2, 0.25) is 0 Å². The number of fused-ring (bicyclic) bond motifs is 3. The minimum atomic E-state index is 0.989. The number of aryl methyl sites for hydroxylation is 2. The Morgan fingerprint density at radius 3 is 2.00 bits per heavy atom. The molecule has 5 rings (SSSR count). The van der Waals surface area contributed by atoms with Gasteiger partial charge >= 0.3 is 0 Å². The first-order chi connectivity index (χ1) is 15.1. The molecule has 3 radical (unpaired) electrons. The summed E-state index contributed by atoms with van der Waals surface area (Å²) in [7, 11) is 3.84. The lowest BCUT2D eigenvalue weighted by molar-refractivity contribution is 1.05. The highest BCUT2D eigenvalue weighted by Crippen LogP contribution is 2.34. The summed E-state index contributed by atoms with van der Waals surface area (Å²) in [4.78, 5) is 0. The highest BCUT2D eigenvalue weighted by Gasteiger charge is 2.17. The zero-order valence-corrected chi connectivity index (χ0v) is 20.8. The topological polar surface area (TPSA) is 0 Å². The van der Waals surface area contributed by atoms with Crippen molar-refractivity contribution in [2.24, 2.45) is 0 Å². The highest BCUT2D eigenvalue weighted by molar-refractivity contribution is 7.25. The Morgan fingerprint density at radius 1 is 0.806 bits per heavy atom. The Morgan fingerprint density at radius 2 is 1.42 bits per heavy atom. The SMILES string of the molecule is C#Cc1c([Si])c(CC)c(CC)c2c(CC)c3ccccc3cc12.c1cc2sccc2s1. The van der Waals surface area contributed by atoms with Crippen LogP contribution in [0.2, 0.25) is 0 Å². The quantitative estimate of drug-likeness (QED) is 0.151. The lowest BCUT2D eigenvalue weighted by Gasteiger charge is -2.20. The van der Waals surface area contributed by atoms with Crippen molar-refractivity contribution in [3.8, 4) is 12.3 Å². The summed E-state index contributed by atoms with van der Waals surface area (Å²) in [6.45, 7) is 6.68. The molecule has 3 heteroatoms. The monoisotopic (exact) mass is 453 g/mol. The molecule has 0 bridgehead atoms. The Hall–Kier alpha value is -2.38. The first-order valence-electron chi connectivity index (χ1n) is 10.7. The minimum Gasteiger partial charge on any atom is -0.143 e. The first-order valence-corrected chi connectivity index (χ1v) is 13.0. The van der Waals surface area contributed by atoms with E-state index in [0.717, 1.165) is 30.0 Å². The Labute approximate surface area is 196 Å². The van der Waals surface area contributed by atoms with Crippen LogP contribution in [0.15, 0.2) is 53.2 Å². The third-order valence-electron chi connectivity index (χ3n) is 5.92. The van der Waals surface area contributed by atoms with E-state index >= 15 is 0 Å². The molecule has 0 unspecified atom stereocenters. The van der Waals surface area contributed by atoms with E-state index in [1.807, 2.05) is 0 Å². The number of hydrogen-bond acceptors (Lipinski definition) is 2. The molecule has 0 nitrogen and oxygen atoms in total. The van der Waals surface area contributed by atoms with Crippen LogP contribution in [-0.4, -0.2) is 10.2 Å². The van der Waals surface area contributed by atoms with Crippen molar-refractivity contribution in [3.63, 3.8) is 0 Å². The molecule has 0 aliphatic carbocycles. The lowest BCUT2D eigenvalue weighted by Crippen LogP contribution is -2.18. The average molecular weight is 454 g/mol. The third kappa shape index (κ3) is 3.85. The van der Waals surface area contributed by atoms with Crippen LogP contribution in [-0.2, 0) is 19.3 Å². The minimum absolute atomic E-state index is 0.989. The molecule has 2 aromatic heterocycles. The normalized spacial score (nSPS) is 10.9. The van der Waals surface area contributed by atoms with Crippen LogP contribution in [0.25, 0.3) is 30.9 Å². The molecule has 0 saturated heterocycles. The van der Waals surface area contributed by atoms with Gasteiger partial charge in [0.1, 0.15) is 0 Å². The molecule has 0 aliphatic heterocycles. The van der Waals surface area contributed by atoms with E-state index in [9.17, 15) is 0 Å². The lowest BCUT2D eigenvalue weighted by atomic mass is 9.86. The molecule has 3 aromatic carbocycles. The zero-order valence-electron chi connectivity index (χ0n) is 18.2. The van der Waals surface area contributed by atoms with Gasteiger partial charge < -0.3 is 0 Å². The summed E-state index contributed by atoms with van der Waals surface area (Å²) in [6.07, 6.45) is 8.91. The van der Waals surface area contributed by atoms with Gasteiger partial charge in [0.25, 0.3) is 0 Å². The fourth-order valence-corrected chi connectivity index (χ4v) is 6.91. The molecular weight excluding hydrogens is 429 g/mol. The number of hydrogen-bond donors (Lipinski definition) is 0. The van der Waals surface area contributed by atoms with Gasteiger partial charge in [-0.1, -0.05) is 51.0 Å². The number of rotatable bonds is 3. The number of thiophene rings is 2. The van der Waals surface area contributed by atoms with Crippen LogP contribution in [0.4, 0.5) is 0 Å². The molecule has 0 spiro atoms. The van der Waals surface area contributed by atoms with Gasteiger partial charge in [-0.2, -0.15) is 0 Å². The van der Waals surface area contributed by atoms with E-state index < -0.39 is 0 Å². The largest absolute Gasteiger partial charge is 0.143 e. The first kappa shape index (κ1) is 21.8. The highest BCUT2D eigenvalue weighted by atomic mass is 32.1. The second-order valence-electron chi connectivity index (χ2n) is 7.48. The molecule has 0 aliphatic rings. The van der Waals surface area contributed by atoms with Crippen molar-refractivity contribution in [1.29, 1.82) is 0 Å². The van der Waals surface area contributed by atoms with Crippen molar-refractivity contribution < 1.29 is 0 Å². The van der Waals surface area contributed by atoms with Crippen molar-refractivity contribution in [1.82, 2.24) is 0 Å². The summed E-state index contributed by atoms with van der Waals surface area (Å²) >= 11 is 3.61. The van der Waals surface area contributed by atoms with E-state index in [0.29, 0.717) is 0 Å². The molecule has 31 heavy (non-hydrogen) atoms. The molecule has 0 saturated carbocycles. The van der Waals surface area contributed by atoms with Gasteiger partial charge in [-0.15, -0.1) is 29.1 Å². The Balaban J connectivity index is 0.000000239.